The highest BCUT2D eigenvalue weighted by Gasteiger charge is 2.35. The van der Waals surface area contributed by atoms with Crippen LogP contribution in [0, 0.1) is 22.7 Å². The lowest BCUT2D eigenvalue weighted by atomic mass is 9.82. The van der Waals surface area contributed by atoms with Crippen LogP contribution in [0.3, 0.4) is 0 Å². The second-order valence-corrected chi connectivity index (χ2v) is 5.75. The molecule has 1 aliphatic rings. The Morgan fingerprint density at radius 3 is 2.26 bits per heavy atom. The maximum Gasteiger partial charge on any atom is 0.205 e. The Morgan fingerprint density at radius 2 is 1.67 bits per heavy atom. The Hall–Kier alpha value is -3.90. The van der Waals surface area contributed by atoms with Crippen LogP contribution in [0.15, 0.2) is 65.6 Å². The van der Waals surface area contributed by atoms with E-state index in [1.54, 1.807) is 25.3 Å². The number of nitrogens with zero attached hydrogens (tertiary/aromatic N) is 2. The van der Waals surface area contributed by atoms with E-state index < -0.39 is 5.92 Å². The van der Waals surface area contributed by atoms with Crippen LogP contribution in [0.25, 0.3) is 5.76 Å². The highest BCUT2D eigenvalue weighted by atomic mass is 16.5. The number of hydrogen-bond donors (Lipinski definition) is 1. The number of nitrogens with two attached hydrogens (primary N) is 1. The molecular formula is C21H17N3O3. The molecule has 6 heteroatoms. The lowest BCUT2D eigenvalue weighted by Gasteiger charge is -2.27. The molecule has 2 aromatic carbocycles. The number of ether oxygens (including phenoxy) is 3. The van der Waals surface area contributed by atoms with Crippen molar-refractivity contribution in [2.24, 2.45) is 5.73 Å². The van der Waals surface area contributed by atoms with Crippen LogP contribution in [0.5, 0.6) is 11.5 Å². The third-order valence-electron chi connectivity index (χ3n) is 4.32. The van der Waals surface area contributed by atoms with Gasteiger partial charge in [0.25, 0.3) is 0 Å². The average molecular weight is 359 g/mol. The SMILES string of the molecule is COc1ccc(OC)c([C@@H]2C(C#N)=C(N)OC(c3ccccc3)=C2C#N)c1. The lowest BCUT2D eigenvalue weighted by molar-refractivity contribution is 0.355. The maximum atomic E-state index is 9.91. The molecule has 0 aliphatic carbocycles. The zero-order valence-corrected chi connectivity index (χ0v) is 14.9. The second kappa shape index (κ2) is 7.55. The number of rotatable bonds is 4. The summed E-state index contributed by atoms with van der Waals surface area (Å²) in [5, 5.41) is 19.6. The van der Waals surface area contributed by atoms with E-state index in [0.29, 0.717) is 28.4 Å². The van der Waals surface area contributed by atoms with Gasteiger partial charge in [-0.2, -0.15) is 10.5 Å². The van der Waals surface area contributed by atoms with E-state index >= 15 is 0 Å². The fourth-order valence-corrected chi connectivity index (χ4v) is 3.05. The van der Waals surface area contributed by atoms with Gasteiger partial charge in [-0.3, -0.25) is 0 Å². The van der Waals surface area contributed by atoms with Gasteiger partial charge in [-0.05, 0) is 18.2 Å². The molecule has 1 heterocycles. The monoisotopic (exact) mass is 359 g/mol. The summed E-state index contributed by atoms with van der Waals surface area (Å²) in [6.07, 6.45) is 0. The largest absolute Gasteiger partial charge is 0.497 e. The Morgan fingerprint density at radius 1 is 0.963 bits per heavy atom. The Kier molecular flexibility index (Phi) is 5.01. The summed E-state index contributed by atoms with van der Waals surface area (Å²) in [6.45, 7) is 0. The summed E-state index contributed by atoms with van der Waals surface area (Å²) in [6, 6.07) is 18.6. The van der Waals surface area contributed by atoms with Gasteiger partial charge in [0, 0.05) is 11.1 Å². The summed E-state index contributed by atoms with van der Waals surface area (Å²) in [7, 11) is 3.07. The van der Waals surface area contributed by atoms with Crippen molar-refractivity contribution in [3.05, 3.63) is 76.7 Å². The maximum absolute atomic E-state index is 9.91. The summed E-state index contributed by atoms with van der Waals surface area (Å²) < 4.78 is 16.4. The minimum Gasteiger partial charge on any atom is -0.497 e. The zero-order valence-electron chi connectivity index (χ0n) is 14.9. The van der Waals surface area contributed by atoms with Gasteiger partial charge in [0.15, 0.2) is 5.76 Å². The van der Waals surface area contributed by atoms with Gasteiger partial charge in [0.05, 0.1) is 31.8 Å². The smallest absolute Gasteiger partial charge is 0.205 e. The highest BCUT2D eigenvalue weighted by Crippen LogP contribution is 2.45. The van der Waals surface area contributed by atoms with Crippen LogP contribution in [0.1, 0.15) is 17.0 Å². The molecular weight excluding hydrogens is 342 g/mol. The summed E-state index contributed by atoms with van der Waals surface area (Å²) >= 11 is 0. The first kappa shape index (κ1) is 17.9. The third-order valence-corrected chi connectivity index (χ3v) is 4.32. The van der Waals surface area contributed by atoms with Crippen LogP contribution in [-0.4, -0.2) is 14.2 Å². The molecule has 0 saturated carbocycles. The van der Waals surface area contributed by atoms with Crippen LogP contribution < -0.4 is 15.2 Å². The van der Waals surface area contributed by atoms with E-state index in [9.17, 15) is 10.5 Å². The van der Waals surface area contributed by atoms with Gasteiger partial charge >= 0.3 is 0 Å². The molecule has 1 aliphatic heterocycles. The molecule has 134 valence electrons. The van der Waals surface area contributed by atoms with Crippen molar-refractivity contribution < 1.29 is 14.2 Å². The molecule has 3 rings (SSSR count). The standard InChI is InChI=1S/C21H17N3O3/c1-25-14-8-9-18(26-2)15(10-14)19-16(11-22)20(13-6-4-3-5-7-13)27-21(24)17(19)12-23/h3-10,19H,24H2,1-2H3/t19-/m0/s1. The van der Waals surface area contributed by atoms with Crippen molar-refractivity contribution in [1.82, 2.24) is 0 Å². The van der Waals surface area contributed by atoms with E-state index in [4.69, 9.17) is 19.9 Å². The third kappa shape index (κ3) is 3.17. The zero-order chi connectivity index (χ0) is 19.4. The van der Waals surface area contributed by atoms with Crippen molar-refractivity contribution in [3.8, 4) is 23.6 Å². The fraction of sp³-hybridized carbons (Fsp3) is 0.143. The first-order valence-electron chi connectivity index (χ1n) is 8.13. The average Bonchev–Trinajstić information content (AvgIpc) is 2.73. The summed E-state index contributed by atoms with van der Waals surface area (Å²) in [5.74, 6) is 0.652. The number of hydrogen-bond acceptors (Lipinski definition) is 6. The summed E-state index contributed by atoms with van der Waals surface area (Å²) in [4.78, 5) is 0. The van der Waals surface area contributed by atoms with Crippen LogP contribution in [0.2, 0.25) is 0 Å². The van der Waals surface area contributed by atoms with Crippen LogP contribution in [-0.2, 0) is 4.74 Å². The summed E-state index contributed by atoms with van der Waals surface area (Å²) in [5.41, 5.74) is 7.77. The quantitative estimate of drug-likeness (QED) is 0.897. The Balaban J connectivity index is 2.30. The van der Waals surface area contributed by atoms with E-state index in [1.165, 1.54) is 7.11 Å². The number of methoxy groups -OCH3 is 2. The minimum absolute atomic E-state index is 0.0368. The number of benzene rings is 2. The normalized spacial score (nSPS) is 16.2. The topological polar surface area (TPSA) is 101 Å². The van der Waals surface area contributed by atoms with E-state index in [2.05, 4.69) is 12.1 Å². The van der Waals surface area contributed by atoms with Gasteiger partial charge in [-0.25, -0.2) is 0 Å². The molecule has 0 spiro atoms. The molecule has 0 amide bonds. The molecule has 1 atom stereocenters. The molecule has 6 nitrogen and oxygen atoms in total. The molecule has 0 radical (unpaired) electrons. The van der Waals surface area contributed by atoms with Crippen LogP contribution in [0.4, 0.5) is 0 Å². The first-order chi connectivity index (χ1) is 13.1. The fourth-order valence-electron chi connectivity index (χ4n) is 3.05. The molecule has 27 heavy (non-hydrogen) atoms. The van der Waals surface area contributed by atoms with Crippen molar-refractivity contribution in [1.29, 1.82) is 10.5 Å². The lowest BCUT2D eigenvalue weighted by Crippen LogP contribution is -2.20. The van der Waals surface area contributed by atoms with Gasteiger partial charge in [-0.15, -0.1) is 0 Å². The molecule has 0 unspecified atom stereocenters. The second-order valence-electron chi connectivity index (χ2n) is 5.75. The van der Waals surface area contributed by atoms with Crippen molar-refractivity contribution in [2.45, 2.75) is 5.92 Å². The van der Waals surface area contributed by atoms with E-state index in [0.717, 1.165) is 0 Å². The first-order valence-corrected chi connectivity index (χ1v) is 8.13. The molecule has 2 N–H and O–H groups in total. The molecule has 0 saturated heterocycles. The molecule has 0 aromatic heterocycles. The van der Waals surface area contributed by atoms with Crippen molar-refractivity contribution in [3.63, 3.8) is 0 Å². The van der Waals surface area contributed by atoms with Gasteiger partial charge < -0.3 is 19.9 Å². The minimum atomic E-state index is -0.728. The molecule has 0 bridgehead atoms. The Bertz CT molecular complexity index is 1010. The van der Waals surface area contributed by atoms with Gasteiger partial charge in [-0.1, -0.05) is 30.3 Å². The predicted octanol–water partition coefficient (Wildman–Crippen LogP) is 3.45. The van der Waals surface area contributed by atoms with Crippen LogP contribution >= 0.6 is 0 Å². The van der Waals surface area contributed by atoms with E-state index in [1.807, 2.05) is 30.3 Å². The Labute approximate surface area is 157 Å². The van der Waals surface area contributed by atoms with Gasteiger partial charge in [0.1, 0.15) is 23.1 Å². The number of allylic oxidation sites excluding steroid dienone is 2. The predicted molar refractivity (Wildman–Crippen MR) is 99.2 cm³/mol. The molecule has 2 aromatic rings. The molecule has 0 fully saturated rings. The van der Waals surface area contributed by atoms with Crippen molar-refractivity contribution in [2.75, 3.05) is 14.2 Å². The van der Waals surface area contributed by atoms with Gasteiger partial charge in [0.2, 0.25) is 5.88 Å². The number of nitriles is 2. The van der Waals surface area contributed by atoms with Crippen molar-refractivity contribution >= 4 is 5.76 Å². The van der Waals surface area contributed by atoms with E-state index in [-0.39, 0.29) is 17.0 Å². The highest BCUT2D eigenvalue weighted by molar-refractivity contribution is 5.74.